The molecule has 0 atom stereocenters. The zero-order valence-electron chi connectivity index (χ0n) is 6.34. The van der Waals surface area contributed by atoms with Crippen LogP contribution in [0.1, 0.15) is 0 Å². The van der Waals surface area contributed by atoms with Crippen molar-refractivity contribution in [3.8, 4) is 0 Å². The van der Waals surface area contributed by atoms with Crippen LogP contribution in [-0.2, 0) is 0 Å². The Bertz CT molecular complexity index is 521. The molecule has 0 spiro atoms. The molecule has 66 valence electrons. The van der Waals surface area contributed by atoms with Crippen molar-refractivity contribution in [2.45, 2.75) is 0 Å². The van der Waals surface area contributed by atoms with Gasteiger partial charge in [-0.1, -0.05) is 23.2 Å². The van der Waals surface area contributed by atoms with Gasteiger partial charge in [-0.05, 0) is 18.2 Å². The lowest BCUT2D eigenvalue weighted by atomic mass is 10.2. The summed E-state index contributed by atoms with van der Waals surface area (Å²) >= 11 is 11.5. The predicted molar refractivity (Wildman–Crippen MR) is 52.4 cm³/mol. The van der Waals surface area contributed by atoms with Gasteiger partial charge in [0.2, 0.25) is 0 Å². The number of hydrogen-bond donors (Lipinski definition) is 1. The highest BCUT2D eigenvalue weighted by Crippen LogP contribution is 2.20. The zero-order chi connectivity index (χ0) is 9.42. The Kier molecular flexibility index (Phi) is 1.98. The van der Waals surface area contributed by atoms with Gasteiger partial charge in [-0.15, -0.1) is 0 Å². The van der Waals surface area contributed by atoms with E-state index in [9.17, 15) is 4.79 Å². The summed E-state index contributed by atoms with van der Waals surface area (Å²) < 4.78 is 0. The molecule has 0 aliphatic heterocycles. The SMILES string of the molecule is O=c1nc2cc(Cl)ccc2c(Cl)[nH]1. The first-order valence-corrected chi connectivity index (χ1v) is 4.27. The summed E-state index contributed by atoms with van der Waals surface area (Å²) in [5, 5.41) is 1.50. The van der Waals surface area contributed by atoms with Crippen molar-refractivity contribution in [3.05, 3.63) is 38.9 Å². The summed E-state index contributed by atoms with van der Waals surface area (Å²) in [7, 11) is 0. The van der Waals surface area contributed by atoms with Crippen LogP contribution >= 0.6 is 23.2 Å². The van der Waals surface area contributed by atoms with E-state index in [1.807, 2.05) is 0 Å². The third kappa shape index (κ3) is 1.53. The molecule has 5 heteroatoms. The Morgan fingerprint density at radius 1 is 1.31 bits per heavy atom. The lowest BCUT2D eigenvalue weighted by molar-refractivity contribution is 1.12. The summed E-state index contributed by atoms with van der Waals surface area (Å²) in [4.78, 5) is 17.0. The molecule has 0 saturated heterocycles. The van der Waals surface area contributed by atoms with E-state index in [0.29, 0.717) is 15.9 Å². The largest absolute Gasteiger partial charge is 0.346 e. The van der Waals surface area contributed by atoms with Crippen molar-refractivity contribution in [2.75, 3.05) is 0 Å². The number of rotatable bonds is 0. The Balaban J connectivity index is 2.94. The lowest BCUT2D eigenvalue weighted by Crippen LogP contribution is -2.09. The Morgan fingerprint density at radius 3 is 2.85 bits per heavy atom. The molecule has 0 saturated carbocycles. The van der Waals surface area contributed by atoms with Gasteiger partial charge in [0, 0.05) is 10.4 Å². The number of halogens is 2. The fourth-order valence-corrected chi connectivity index (χ4v) is 1.49. The molecule has 0 aliphatic rings. The van der Waals surface area contributed by atoms with E-state index < -0.39 is 5.69 Å². The number of nitrogens with zero attached hydrogens (tertiary/aromatic N) is 1. The van der Waals surface area contributed by atoms with E-state index in [1.165, 1.54) is 0 Å². The monoisotopic (exact) mass is 214 g/mol. The van der Waals surface area contributed by atoms with Gasteiger partial charge in [0.25, 0.3) is 0 Å². The van der Waals surface area contributed by atoms with Gasteiger partial charge in [0.1, 0.15) is 5.15 Å². The summed E-state index contributed by atoms with van der Waals surface area (Å²) in [6.45, 7) is 0. The van der Waals surface area contributed by atoms with Crippen LogP contribution in [0.15, 0.2) is 23.0 Å². The standard InChI is InChI=1S/C8H4Cl2N2O/c9-4-1-2-5-6(3-4)11-8(13)12-7(5)10/h1-3H,(H,11,12,13). The molecule has 1 aromatic heterocycles. The fourth-order valence-electron chi connectivity index (χ4n) is 1.08. The molecule has 0 unspecified atom stereocenters. The van der Waals surface area contributed by atoms with Crippen LogP contribution in [0.4, 0.5) is 0 Å². The van der Waals surface area contributed by atoms with Crippen molar-refractivity contribution in [1.29, 1.82) is 0 Å². The second-order valence-electron chi connectivity index (χ2n) is 2.52. The fraction of sp³-hybridized carbons (Fsp3) is 0. The van der Waals surface area contributed by atoms with Gasteiger partial charge in [-0.3, -0.25) is 4.98 Å². The number of nitrogens with one attached hydrogen (secondary N) is 1. The van der Waals surface area contributed by atoms with E-state index in [2.05, 4.69) is 9.97 Å². The van der Waals surface area contributed by atoms with Crippen molar-refractivity contribution < 1.29 is 0 Å². The number of benzene rings is 1. The van der Waals surface area contributed by atoms with Gasteiger partial charge in [-0.25, -0.2) is 4.79 Å². The van der Waals surface area contributed by atoms with Gasteiger partial charge in [-0.2, -0.15) is 4.98 Å². The van der Waals surface area contributed by atoms with Gasteiger partial charge in [0.05, 0.1) is 5.52 Å². The van der Waals surface area contributed by atoms with E-state index in [0.717, 1.165) is 0 Å². The summed E-state index contributed by atoms with van der Waals surface area (Å²) in [6.07, 6.45) is 0. The van der Waals surface area contributed by atoms with E-state index >= 15 is 0 Å². The maximum Gasteiger partial charge on any atom is 0.346 e. The van der Waals surface area contributed by atoms with Crippen LogP contribution in [0, 0.1) is 0 Å². The maximum absolute atomic E-state index is 10.9. The normalized spacial score (nSPS) is 10.6. The maximum atomic E-state index is 10.9. The van der Waals surface area contributed by atoms with Gasteiger partial charge >= 0.3 is 5.69 Å². The van der Waals surface area contributed by atoms with Crippen LogP contribution in [0.3, 0.4) is 0 Å². The lowest BCUT2D eigenvalue weighted by Gasteiger charge is -1.98. The number of fused-ring (bicyclic) bond motifs is 1. The molecule has 1 heterocycles. The molecule has 0 fully saturated rings. The first-order chi connectivity index (χ1) is 6.16. The predicted octanol–water partition coefficient (Wildman–Crippen LogP) is 2.23. The Morgan fingerprint density at radius 2 is 2.08 bits per heavy atom. The third-order valence-corrected chi connectivity index (χ3v) is 2.17. The van der Waals surface area contributed by atoms with Gasteiger partial charge < -0.3 is 0 Å². The number of H-pyrrole nitrogens is 1. The topological polar surface area (TPSA) is 45.8 Å². The van der Waals surface area contributed by atoms with Crippen molar-refractivity contribution >= 4 is 34.1 Å². The molecular formula is C8H4Cl2N2O. The number of aromatic amines is 1. The van der Waals surface area contributed by atoms with E-state index in [-0.39, 0.29) is 5.15 Å². The highest BCUT2D eigenvalue weighted by Gasteiger charge is 2.02. The molecule has 0 amide bonds. The summed E-state index contributed by atoms with van der Waals surface area (Å²) in [6, 6.07) is 5.00. The van der Waals surface area contributed by atoms with Crippen molar-refractivity contribution in [3.63, 3.8) is 0 Å². The first kappa shape index (κ1) is 8.53. The molecule has 2 rings (SSSR count). The van der Waals surface area contributed by atoms with E-state index in [4.69, 9.17) is 23.2 Å². The number of aromatic nitrogens is 2. The van der Waals surface area contributed by atoms with Crippen LogP contribution in [0.25, 0.3) is 10.9 Å². The average molecular weight is 215 g/mol. The van der Waals surface area contributed by atoms with Crippen LogP contribution in [0.5, 0.6) is 0 Å². The number of hydrogen-bond acceptors (Lipinski definition) is 2. The molecule has 0 radical (unpaired) electrons. The first-order valence-electron chi connectivity index (χ1n) is 3.52. The molecule has 1 aromatic carbocycles. The Hall–Kier alpha value is -1.06. The minimum atomic E-state index is -0.472. The Labute approximate surface area is 83.3 Å². The smallest absolute Gasteiger partial charge is 0.296 e. The van der Waals surface area contributed by atoms with Crippen LogP contribution in [0.2, 0.25) is 10.2 Å². The second kappa shape index (κ2) is 3.01. The van der Waals surface area contributed by atoms with E-state index in [1.54, 1.807) is 18.2 Å². The minimum Gasteiger partial charge on any atom is -0.296 e. The highest BCUT2D eigenvalue weighted by molar-refractivity contribution is 6.35. The molecule has 1 N–H and O–H groups in total. The second-order valence-corrected chi connectivity index (χ2v) is 3.33. The van der Waals surface area contributed by atoms with Crippen LogP contribution in [-0.4, -0.2) is 9.97 Å². The van der Waals surface area contributed by atoms with Crippen molar-refractivity contribution in [2.24, 2.45) is 0 Å². The van der Waals surface area contributed by atoms with Gasteiger partial charge in [0.15, 0.2) is 0 Å². The molecule has 0 bridgehead atoms. The molecular weight excluding hydrogens is 211 g/mol. The third-order valence-electron chi connectivity index (χ3n) is 1.63. The minimum absolute atomic E-state index is 0.284. The summed E-state index contributed by atoms with van der Waals surface area (Å²) in [5.41, 5.74) is 0.0287. The van der Waals surface area contributed by atoms with Crippen molar-refractivity contribution in [1.82, 2.24) is 9.97 Å². The average Bonchev–Trinajstić information content (AvgIpc) is 2.02. The summed E-state index contributed by atoms with van der Waals surface area (Å²) in [5.74, 6) is 0. The quantitative estimate of drug-likeness (QED) is 0.685. The molecule has 2 aromatic rings. The van der Waals surface area contributed by atoms with Crippen LogP contribution < -0.4 is 5.69 Å². The highest BCUT2D eigenvalue weighted by atomic mass is 35.5. The molecule has 0 aliphatic carbocycles. The molecule has 13 heavy (non-hydrogen) atoms. The molecule has 3 nitrogen and oxygen atoms in total. The zero-order valence-corrected chi connectivity index (χ0v) is 7.86.